The fourth-order valence-corrected chi connectivity index (χ4v) is 3.10. The second kappa shape index (κ2) is 5.38. The molecule has 0 aliphatic heterocycles. The Kier molecular flexibility index (Phi) is 4.07. The van der Waals surface area contributed by atoms with E-state index in [2.05, 4.69) is 15.9 Å². The minimum atomic E-state index is -0.514. The molecule has 0 heterocycles. The number of fused-ring (bicyclic) bond motifs is 1. The predicted octanol–water partition coefficient (Wildman–Crippen LogP) is 2.42. The molecular weight excluding hydrogens is 282 g/mol. The Morgan fingerprint density at radius 1 is 1.29 bits per heavy atom. The van der Waals surface area contributed by atoms with Crippen molar-refractivity contribution in [3.63, 3.8) is 0 Å². The third-order valence-electron chi connectivity index (χ3n) is 3.43. The molecule has 0 bridgehead atoms. The van der Waals surface area contributed by atoms with Crippen molar-refractivity contribution in [3.05, 3.63) is 27.2 Å². The summed E-state index contributed by atoms with van der Waals surface area (Å²) in [6.45, 7) is -0.154. The van der Waals surface area contributed by atoms with Crippen LogP contribution < -0.4 is 5.73 Å². The summed E-state index contributed by atoms with van der Waals surface area (Å²) in [7, 11) is 0. The summed E-state index contributed by atoms with van der Waals surface area (Å²) in [5.74, 6) is 0.187. The second-order valence-electron chi connectivity index (χ2n) is 4.62. The number of aryl methyl sites for hydroxylation is 1. The summed E-state index contributed by atoms with van der Waals surface area (Å²) in [5.41, 5.74) is 8.90. The maximum absolute atomic E-state index is 10.1. The zero-order valence-corrected chi connectivity index (χ0v) is 11.3. The van der Waals surface area contributed by atoms with Crippen LogP contribution in [0.1, 0.15) is 42.0 Å². The van der Waals surface area contributed by atoms with E-state index in [0.29, 0.717) is 5.56 Å². The first kappa shape index (κ1) is 12.9. The van der Waals surface area contributed by atoms with Crippen LogP contribution in [0.15, 0.2) is 10.5 Å². The lowest BCUT2D eigenvalue weighted by molar-refractivity contribution is 0.265. The van der Waals surface area contributed by atoms with Gasteiger partial charge in [0.2, 0.25) is 0 Å². The van der Waals surface area contributed by atoms with Crippen molar-refractivity contribution < 1.29 is 10.2 Å². The molecule has 4 N–H and O–H groups in total. The number of halogens is 1. The molecule has 94 valence electrons. The largest absolute Gasteiger partial charge is 0.506 e. The molecule has 1 aliphatic carbocycles. The highest BCUT2D eigenvalue weighted by Crippen LogP contribution is 2.38. The van der Waals surface area contributed by atoms with Gasteiger partial charge in [0.25, 0.3) is 0 Å². The normalized spacial score (nSPS) is 17.4. The minimum Gasteiger partial charge on any atom is -0.506 e. The molecule has 1 aliphatic rings. The second-order valence-corrected chi connectivity index (χ2v) is 5.41. The summed E-state index contributed by atoms with van der Waals surface area (Å²) in [5, 5.41) is 19.2. The number of nitrogens with two attached hydrogens (primary N) is 1. The molecule has 1 aromatic carbocycles. The Morgan fingerprint density at radius 2 is 2.00 bits per heavy atom. The van der Waals surface area contributed by atoms with Crippen LogP contribution in [-0.4, -0.2) is 16.8 Å². The standard InChI is InChI=1S/C13H18BrNO2/c14-12-9-5-3-1-2-4-8(9)6-10(13(12)17)11(15)7-16/h6,11,16-17H,1-5,7,15H2. The van der Waals surface area contributed by atoms with E-state index in [-0.39, 0.29) is 12.4 Å². The van der Waals surface area contributed by atoms with Crippen molar-refractivity contribution in [1.82, 2.24) is 0 Å². The lowest BCUT2D eigenvalue weighted by atomic mass is 9.96. The van der Waals surface area contributed by atoms with Gasteiger partial charge in [0.05, 0.1) is 17.1 Å². The first-order chi connectivity index (χ1) is 8.15. The maximum atomic E-state index is 10.1. The molecule has 1 unspecified atom stereocenters. The van der Waals surface area contributed by atoms with Gasteiger partial charge in [-0.15, -0.1) is 0 Å². The molecule has 17 heavy (non-hydrogen) atoms. The van der Waals surface area contributed by atoms with Crippen molar-refractivity contribution in [2.75, 3.05) is 6.61 Å². The zero-order chi connectivity index (χ0) is 12.4. The Balaban J connectivity index is 2.51. The molecule has 2 rings (SSSR count). The predicted molar refractivity (Wildman–Crippen MR) is 71.1 cm³/mol. The van der Waals surface area contributed by atoms with Crippen LogP contribution in [0.3, 0.4) is 0 Å². The number of benzene rings is 1. The third kappa shape index (κ3) is 2.49. The van der Waals surface area contributed by atoms with E-state index in [4.69, 9.17) is 10.8 Å². The molecule has 0 spiro atoms. The van der Waals surface area contributed by atoms with Crippen molar-refractivity contribution in [2.24, 2.45) is 5.73 Å². The summed E-state index contributed by atoms with van der Waals surface area (Å²) in [6.07, 6.45) is 5.59. The Bertz CT molecular complexity index is 420. The van der Waals surface area contributed by atoms with Crippen LogP contribution in [-0.2, 0) is 12.8 Å². The van der Waals surface area contributed by atoms with E-state index < -0.39 is 6.04 Å². The number of aromatic hydroxyl groups is 1. The van der Waals surface area contributed by atoms with Gasteiger partial charge < -0.3 is 15.9 Å². The van der Waals surface area contributed by atoms with Gasteiger partial charge in [0, 0.05) is 5.56 Å². The quantitative estimate of drug-likeness (QED) is 0.735. The van der Waals surface area contributed by atoms with Crippen molar-refractivity contribution >= 4 is 15.9 Å². The third-order valence-corrected chi connectivity index (χ3v) is 4.29. The molecule has 0 saturated carbocycles. The van der Waals surface area contributed by atoms with E-state index in [9.17, 15) is 5.11 Å². The highest BCUT2D eigenvalue weighted by atomic mass is 79.9. The van der Waals surface area contributed by atoms with Crippen LogP contribution in [0.5, 0.6) is 5.75 Å². The van der Waals surface area contributed by atoms with Gasteiger partial charge in [0.15, 0.2) is 0 Å². The Hall–Kier alpha value is -0.580. The van der Waals surface area contributed by atoms with Gasteiger partial charge in [-0.25, -0.2) is 0 Å². The Labute approximate surface area is 110 Å². The summed E-state index contributed by atoms with van der Waals surface area (Å²) in [4.78, 5) is 0. The summed E-state index contributed by atoms with van der Waals surface area (Å²) < 4.78 is 0.760. The number of rotatable bonds is 2. The van der Waals surface area contributed by atoms with Crippen molar-refractivity contribution in [1.29, 1.82) is 0 Å². The highest BCUT2D eigenvalue weighted by molar-refractivity contribution is 9.10. The average Bonchev–Trinajstić information content (AvgIpc) is 2.58. The van der Waals surface area contributed by atoms with Crippen LogP contribution in [0, 0.1) is 0 Å². The molecule has 0 radical (unpaired) electrons. The average molecular weight is 300 g/mol. The molecule has 3 nitrogen and oxygen atoms in total. The first-order valence-corrected chi connectivity index (χ1v) is 6.84. The number of phenolic OH excluding ortho intramolecular Hbond substituents is 1. The molecular formula is C13H18BrNO2. The highest BCUT2D eigenvalue weighted by Gasteiger charge is 2.20. The fraction of sp³-hybridized carbons (Fsp3) is 0.538. The minimum absolute atomic E-state index is 0.154. The number of hydrogen-bond acceptors (Lipinski definition) is 3. The van der Waals surface area contributed by atoms with E-state index in [1.807, 2.05) is 6.07 Å². The smallest absolute Gasteiger partial charge is 0.134 e. The fourth-order valence-electron chi connectivity index (χ4n) is 2.42. The van der Waals surface area contributed by atoms with Gasteiger partial charge in [0.1, 0.15) is 5.75 Å². The van der Waals surface area contributed by atoms with Gasteiger partial charge in [-0.2, -0.15) is 0 Å². The molecule has 1 aromatic rings. The monoisotopic (exact) mass is 299 g/mol. The van der Waals surface area contributed by atoms with Crippen LogP contribution in [0.4, 0.5) is 0 Å². The van der Waals surface area contributed by atoms with Gasteiger partial charge in [-0.05, 0) is 52.7 Å². The molecule has 0 amide bonds. The van der Waals surface area contributed by atoms with Crippen LogP contribution in [0.25, 0.3) is 0 Å². The summed E-state index contributed by atoms with van der Waals surface area (Å²) >= 11 is 3.46. The molecule has 4 heteroatoms. The van der Waals surface area contributed by atoms with E-state index >= 15 is 0 Å². The van der Waals surface area contributed by atoms with Crippen LogP contribution >= 0.6 is 15.9 Å². The molecule has 0 fully saturated rings. The number of aliphatic hydroxyl groups excluding tert-OH is 1. The van der Waals surface area contributed by atoms with Gasteiger partial charge in [-0.1, -0.05) is 12.5 Å². The van der Waals surface area contributed by atoms with Gasteiger partial charge in [-0.3, -0.25) is 0 Å². The number of hydrogen-bond donors (Lipinski definition) is 3. The number of aliphatic hydroxyl groups is 1. The van der Waals surface area contributed by atoms with E-state index in [1.54, 1.807) is 0 Å². The SMILES string of the molecule is NC(CO)c1cc2c(c(Br)c1O)CCCCC2. The maximum Gasteiger partial charge on any atom is 0.134 e. The molecule has 1 atom stereocenters. The van der Waals surface area contributed by atoms with Crippen molar-refractivity contribution in [2.45, 2.75) is 38.1 Å². The number of phenols is 1. The topological polar surface area (TPSA) is 66.5 Å². The summed E-state index contributed by atoms with van der Waals surface area (Å²) in [6, 6.07) is 1.45. The lowest BCUT2D eigenvalue weighted by Crippen LogP contribution is -2.15. The zero-order valence-electron chi connectivity index (χ0n) is 9.75. The first-order valence-electron chi connectivity index (χ1n) is 6.04. The lowest BCUT2D eigenvalue weighted by Gasteiger charge is -2.17. The molecule has 0 saturated heterocycles. The van der Waals surface area contributed by atoms with Crippen molar-refractivity contribution in [3.8, 4) is 5.75 Å². The van der Waals surface area contributed by atoms with Crippen LogP contribution in [0.2, 0.25) is 0 Å². The van der Waals surface area contributed by atoms with E-state index in [0.717, 1.165) is 23.7 Å². The van der Waals surface area contributed by atoms with Gasteiger partial charge >= 0.3 is 0 Å². The Morgan fingerprint density at radius 3 is 2.71 bits per heavy atom. The molecule has 0 aromatic heterocycles. The van der Waals surface area contributed by atoms with E-state index in [1.165, 1.54) is 24.0 Å².